The summed E-state index contributed by atoms with van der Waals surface area (Å²) in [5.74, 6) is 1.61. The van der Waals surface area contributed by atoms with E-state index in [9.17, 15) is 0 Å². The van der Waals surface area contributed by atoms with Gasteiger partial charge in [-0.05, 0) is 57.0 Å². The standard InChI is InChI=1S/C17H38N2/c1-6-16(11-12-18)10-9-13-19(14-15(4)5)17(7-2)8-3/h15-17H,6-14,18H2,1-5H3. The first kappa shape index (κ1) is 18.9. The van der Waals surface area contributed by atoms with Gasteiger partial charge >= 0.3 is 0 Å². The molecule has 0 aromatic heterocycles. The molecule has 0 saturated heterocycles. The molecule has 0 aliphatic rings. The number of nitrogens with two attached hydrogens (primary N) is 1. The van der Waals surface area contributed by atoms with E-state index in [4.69, 9.17) is 5.73 Å². The van der Waals surface area contributed by atoms with Gasteiger partial charge in [0.15, 0.2) is 0 Å². The lowest BCUT2D eigenvalue weighted by atomic mass is 9.96. The van der Waals surface area contributed by atoms with Crippen LogP contribution < -0.4 is 5.73 Å². The largest absolute Gasteiger partial charge is 0.330 e. The Kier molecular flexibility index (Phi) is 11.7. The molecule has 0 aromatic carbocycles. The predicted octanol–water partition coefficient (Wildman–Crippen LogP) is 4.29. The fraction of sp³-hybridized carbons (Fsp3) is 1.00. The Morgan fingerprint density at radius 2 is 1.58 bits per heavy atom. The van der Waals surface area contributed by atoms with Crippen LogP contribution >= 0.6 is 0 Å². The summed E-state index contributed by atoms with van der Waals surface area (Å²) in [5, 5.41) is 0. The first-order chi connectivity index (χ1) is 9.08. The molecule has 0 aliphatic heterocycles. The Bertz CT molecular complexity index is 188. The van der Waals surface area contributed by atoms with E-state index in [0.29, 0.717) is 0 Å². The molecule has 116 valence electrons. The number of rotatable bonds is 12. The van der Waals surface area contributed by atoms with E-state index < -0.39 is 0 Å². The van der Waals surface area contributed by atoms with E-state index >= 15 is 0 Å². The second-order valence-corrected chi connectivity index (χ2v) is 6.35. The molecule has 0 spiro atoms. The van der Waals surface area contributed by atoms with Crippen LogP contribution in [-0.4, -0.2) is 30.6 Å². The SMILES string of the molecule is CCC(CCN)CCCN(CC(C)C)C(CC)CC. The van der Waals surface area contributed by atoms with Crippen LogP contribution in [0.5, 0.6) is 0 Å². The third-order valence-corrected chi connectivity index (χ3v) is 4.27. The third kappa shape index (κ3) is 8.65. The highest BCUT2D eigenvalue weighted by Gasteiger charge is 2.16. The van der Waals surface area contributed by atoms with E-state index in [2.05, 4.69) is 39.5 Å². The van der Waals surface area contributed by atoms with Crippen molar-refractivity contribution in [3.63, 3.8) is 0 Å². The minimum absolute atomic E-state index is 0.770. The monoisotopic (exact) mass is 270 g/mol. The summed E-state index contributed by atoms with van der Waals surface area (Å²) in [6.45, 7) is 15.0. The lowest BCUT2D eigenvalue weighted by molar-refractivity contribution is 0.159. The predicted molar refractivity (Wildman–Crippen MR) is 87.5 cm³/mol. The maximum Gasteiger partial charge on any atom is 0.00901 e. The first-order valence-corrected chi connectivity index (χ1v) is 8.52. The van der Waals surface area contributed by atoms with Crippen molar-refractivity contribution in [1.29, 1.82) is 0 Å². The van der Waals surface area contributed by atoms with Gasteiger partial charge in [0, 0.05) is 12.6 Å². The molecule has 2 nitrogen and oxygen atoms in total. The highest BCUT2D eigenvalue weighted by atomic mass is 15.1. The van der Waals surface area contributed by atoms with Crippen LogP contribution in [0.1, 0.15) is 73.1 Å². The Morgan fingerprint density at radius 3 is 2.00 bits per heavy atom. The summed E-state index contributed by atoms with van der Waals surface area (Å²) < 4.78 is 0. The molecule has 0 heterocycles. The summed E-state index contributed by atoms with van der Waals surface area (Å²) >= 11 is 0. The molecule has 0 bridgehead atoms. The average Bonchev–Trinajstić information content (AvgIpc) is 2.38. The maximum atomic E-state index is 5.68. The Balaban J connectivity index is 4.17. The Labute approximate surface area is 122 Å². The van der Waals surface area contributed by atoms with Crippen molar-refractivity contribution in [1.82, 2.24) is 4.90 Å². The molecule has 1 atom stereocenters. The zero-order valence-corrected chi connectivity index (χ0v) is 14.1. The molecule has 0 amide bonds. The van der Waals surface area contributed by atoms with Crippen LogP contribution in [0.2, 0.25) is 0 Å². The average molecular weight is 271 g/mol. The van der Waals surface area contributed by atoms with Gasteiger partial charge in [0.05, 0.1) is 0 Å². The highest BCUT2D eigenvalue weighted by Crippen LogP contribution is 2.17. The van der Waals surface area contributed by atoms with Crippen LogP contribution in [0.25, 0.3) is 0 Å². The van der Waals surface area contributed by atoms with Crippen molar-refractivity contribution >= 4 is 0 Å². The van der Waals surface area contributed by atoms with Gasteiger partial charge in [0.1, 0.15) is 0 Å². The zero-order valence-electron chi connectivity index (χ0n) is 14.1. The summed E-state index contributed by atoms with van der Waals surface area (Å²) in [4.78, 5) is 2.72. The van der Waals surface area contributed by atoms with E-state index in [-0.39, 0.29) is 0 Å². The molecule has 0 rings (SSSR count). The normalized spacial score (nSPS) is 13.7. The van der Waals surface area contributed by atoms with Crippen molar-refractivity contribution < 1.29 is 0 Å². The van der Waals surface area contributed by atoms with Gasteiger partial charge in [0.2, 0.25) is 0 Å². The van der Waals surface area contributed by atoms with Crippen LogP contribution in [-0.2, 0) is 0 Å². The van der Waals surface area contributed by atoms with Crippen molar-refractivity contribution in [2.75, 3.05) is 19.6 Å². The molecule has 0 fully saturated rings. The molecule has 2 N–H and O–H groups in total. The van der Waals surface area contributed by atoms with Gasteiger partial charge < -0.3 is 10.6 Å². The minimum Gasteiger partial charge on any atom is -0.330 e. The summed E-state index contributed by atoms with van der Waals surface area (Å²) in [6.07, 6.45) is 7.73. The lowest BCUT2D eigenvalue weighted by Crippen LogP contribution is -2.38. The quantitative estimate of drug-likeness (QED) is 0.573. The van der Waals surface area contributed by atoms with E-state index in [0.717, 1.165) is 24.4 Å². The first-order valence-electron chi connectivity index (χ1n) is 8.52. The Morgan fingerprint density at radius 1 is 0.947 bits per heavy atom. The summed E-state index contributed by atoms with van der Waals surface area (Å²) in [7, 11) is 0. The van der Waals surface area contributed by atoms with Crippen molar-refractivity contribution in [3.8, 4) is 0 Å². The molecule has 0 radical (unpaired) electrons. The van der Waals surface area contributed by atoms with Crippen LogP contribution in [0, 0.1) is 11.8 Å². The molecule has 19 heavy (non-hydrogen) atoms. The number of nitrogens with zero attached hydrogens (tertiary/aromatic N) is 1. The Hall–Kier alpha value is -0.0800. The third-order valence-electron chi connectivity index (χ3n) is 4.27. The maximum absolute atomic E-state index is 5.68. The summed E-state index contributed by atoms with van der Waals surface area (Å²) in [5.41, 5.74) is 5.68. The number of hydrogen-bond donors (Lipinski definition) is 1. The summed E-state index contributed by atoms with van der Waals surface area (Å²) in [6, 6.07) is 0.775. The van der Waals surface area contributed by atoms with Crippen molar-refractivity contribution in [2.24, 2.45) is 17.6 Å². The van der Waals surface area contributed by atoms with Gasteiger partial charge in [-0.15, -0.1) is 0 Å². The second-order valence-electron chi connectivity index (χ2n) is 6.35. The van der Waals surface area contributed by atoms with Gasteiger partial charge in [-0.1, -0.05) is 41.0 Å². The smallest absolute Gasteiger partial charge is 0.00901 e. The van der Waals surface area contributed by atoms with Gasteiger partial charge in [-0.25, -0.2) is 0 Å². The van der Waals surface area contributed by atoms with Crippen LogP contribution in [0.15, 0.2) is 0 Å². The van der Waals surface area contributed by atoms with E-state index in [1.54, 1.807) is 0 Å². The molecule has 2 heteroatoms. The molecular formula is C17H38N2. The topological polar surface area (TPSA) is 29.3 Å². The van der Waals surface area contributed by atoms with E-state index in [1.165, 1.54) is 51.6 Å². The van der Waals surface area contributed by atoms with Crippen LogP contribution in [0.3, 0.4) is 0 Å². The molecule has 0 aromatic rings. The number of hydrogen-bond acceptors (Lipinski definition) is 2. The highest BCUT2D eigenvalue weighted by molar-refractivity contribution is 4.71. The van der Waals surface area contributed by atoms with Crippen LogP contribution in [0.4, 0.5) is 0 Å². The molecular weight excluding hydrogens is 232 g/mol. The molecule has 0 saturated carbocycles. The fourth-order valence-electron chi connectivity index (χ4n) is 3.07. The molecule has 1 unspecified atom stereocenters. The van der Waals surface area contributed by atoms with Crippen molar-refractivity contribution in [2.45, 2.75) is 79.2 Å². The van der Waals surface area contributed by atoms with Gasteiger partial charge in [-0.2, -0.15) is 0 Å². The van der Waals surface area contributed by atoms with Crippen molar-refractivity contribution in [3.05, 3.63) is 0 Å². The fourth-order valence-corrected chi connectivity index (χ4v) is 3.07. The second kappa shape index (κ2) is 11.7. The van der Waals surface area contributed by atoms with Gasteiger partial charge in [-0.3, -0.25) is 0 Å². The van der Waals surface area contributed by atoms with Gasteiger partial charge in [0.25, 0.3) is 0 Å². The lowest BCUT2D eigenvalue weighted by Gasteiger charge is -2.32. The molecule has 0 aliphatic carbocycles. The zero-order chi connectivity index (χ0) is 14.7. The minimum atomic E-state index is 0.770. The van der Waals surface area contributed by atoms with E-state index in [1.807, 2.05) is 0 Å².